The minimum absolute atomic E-state index is 0.0447. The van der Waals surface area contributed by atoms with Gasteiger partial charge in [0.2, 0.25) is 0 Å². The fraction of sp³-hybridized carbons (Fsp3) is 0.292. The molecule has 1 atom stereocenters. The highest BCUT2D eigenvalue weighted by atomic mass is 16.6. The van der Waals surface area contributed by atoms with Crippen LogP contribution >= 0.6 is 0 Å². The van der Waals surface area contributed by atoms with Gasteiger partial charge in [0.15, 0.2) is 5.54 Å². The van der Waals surface area contributed by atoms with Crippen molar-refractivity contribution in [3.8, 4) is 0 Å². The number of carbonyl (C=O) groups excluding carboxylic acids is 3. The molecule has 1 aliphatic rings. The van der Waals surface area contributed by atoms with Crippen LogP contribution in [0.3, 0.4) is 0 Å². The first kappa shape index (κ1) is 22.9. The normalized spacial score (nSPS) is 17.3. The second kappa shape index (κ2) is 11.0. The molecule has 0 spiro atoms. The molecule has 1 N–H and O–H groups in total. The van der Waals surface area contributed by atoms with Gasteiger partial charge >= 0.3 is 18.2 Å². The van der Waals surface area contributed by atoms with Crippen LogP contribution in [0.15, 0.2) is 73.3 Å². The van der Waals surface area contributed by atoms with Crippen LogP contribution in [0, 0.1) is 0 Å². The molecule has 0 unspecified atom stereocenters. The Morgan fingerprint density at radius 2 is 1.53 bits per heavy atom. The van der Waals surface area contributed by atoms with E-state index in [2.05, 4.69) is 11.9 Å². The zero-order valence-corrected chi connectivity index (χ0v) is 17.7. The van der Waals surface area contributed by atoms with Gasteiger partial charge in [0.05, 0.1) is 6.54 Å². The Kier molecular flexibility index (Phi) is 7.85. The monoisotopic (exact) mass is 438 g/mol. The zero-order valence-electron chi connectivity index (χ0n) is 17.7. The fourth-order valence-corrected chi connectivity index (χ4v) is 3.32. The molecule has 0 saturated carbocycles. The van der Waals surface area contributed by atoms with Crippen LogP contribution in [0.1, 0.15) is 17.5 Å². The SMILES string of the molecule is C=CCOC(=O)N1CC[C@@](NC(=O)OCc2ccccc2)(C(=O)OCc2ccccc2)C1. The summed E-state index contributed by atoms with van der Waals surface area (Å²) in [5, 5.41) is 2.63. The van der Waals surface area contributed by atoms with Gasteiger partial charge in [0.25, 0.3) is 0 Å². The number of nitrogens with zero attached hydrogens (tertiary/aromatic N) is 1. The Labute approximate surface area is 186 Å². The van der Waals surface area contributed by atoms with Gasteiger partial charge in [-0.2, -0.15) is 0 Å². The van der Waals surface area contributed by atoms with Crippen molar-refractivity contribution in [1.82, 2.24) is 10.2 Å². The van der Waals surface area contributed by atoms with Gasteiger partial charge in [-0.1, -0.05) is 73.3 Å². The number of esters is 1. The molecule has 1 saturated heterocycles. The van der Waals surface area contributed by atoms with E-state index in [4.69, 9.17) is 14.2 Å². The van der Waals surface area contributed by atoms with Crippen LogP contribution in [0.4, 0.5) is 9.59 Å². The molecule has 2 aromatic rings. The van der Waals surface area contributed by atoms with Crippen LogP contribution in [-0.2, 0) is 32.2 Å². The fourth-order valence-electron chi connectivity index (χ4n) is 3.32. The lowest BCUT2D eigenvalue weighted by Crippen LogP contribution is -2.57. The van der Waals surface area contributed by atoms with Gasteiger partial charge in [-0.3, -0.25) is 0 Å². The van der Waals surface area contributed by atoms with Crippen molar-refractivity contribution < 1.29 is 28.6 Å². The quantitative estimate of drug-likeness (QED) is 0.386. The third-order valence-corrected chi connectivity index (χ3v) is 5.01. The molecule has 1 heterocycles. The first-order valence-corrected chi connectivity index (χ1v) is 10.2. The molecule has 168 valence electrons. The number of ether oxygens (including phenoxy) is 3. The molecule has 0 bridgehead atoms. The largest absolute Gasteiger partial charge is 0.459 e. The number of amides is 2. The third kappa shape index (κ3) is 6.10. The van der Waals surface area contributed by atoms with Gasteiger partial charge in [-0.25, -0.2) is 14.4 Å². The lowest BCUT2D eigenvalue weighted by Gasteiger charge is -2.27. The van der Waals surface area contributed by atoms with E-state index in [1.165, 1.54) is 11.0 Å². The smallest absolute Gasteiger partial charge is 0.410 e. The Hall–Kier alpha value is -3.81. The van der Waals surface area contributed by atoms with E-state index in [0.29, 0.717) is 0 Å². The molecule has 2 amide bonds. The van der Waals surface area contributed by atoms with Gasteiger partial charge in [-0.15, -0.1) is 0 Å². The van der Waals surface area contributed by atoms with Crippen molar-refractivity contribution in [3.05, 3.63) is 84.4 Å². The summed E-state index contributed by atoms with van der Waals surface area (Å²) < 4.78 is 15.8. The molecule has 8 nitrogen and oxygen atoms in total. The molecular weight excluding hydrogens is 412 g/mol. The molecular formula is C24H26N2O6. The highest BCUT2D eigenvalue weighted by molar-refractivity contribution is 5.87. The van der Waals surface area contributed by atoms with Gasteiger partial charge < -0.3 is 24.4 Å². The van der Waals surface area contributed by atoms with Crippen LogP contribution in [0.25, 0.3) is 0 Å². The molecule has 32 heavy (non-hydrogen) atoms. The van der Waals surface area contributed by atoms with E-state index in [-0.39, 0.29) is 39.3 Å². The van der Waals surface area contributed by atoms with E-state index in [1.54, 1.807) is 0 Å². The molecule has 0 aromatic heterocycles. The maximum atomic E-state index is 13.0. The predicted molar refractivity (Wildman–Crippen MR) is 116 cm³/mol. The minimum Gasteiger partial charge on any atom is -0.459 e. The van der Waals surface area contributed by atoms with Crippen molar-refractivity contribution in [2.75, 3.05) is 19.7 Å². The van der Waals surface area contributed by atoms with E-state index < -0.39 is 23.7 Å². The van der Waals surface area contributed by atoms with Crippen LogP contribution in [0.2, 0.25) is 0 Å². The maximum Gasteiger partial charge on any atom is 0.410 e. The second-order valence-electron chi connectivity index (χ2n) is 7.37. The third-order valence-electron chi connectivity index (χ3n) is 5.01. The number of hydrogen-bond acceptors (Lipinski definition) is 6. The van der Waals surface area contributed by atoms with Gasteiger partial charge in [0.1, 0.15) is 19.8 Å². The number of benzene rings is 2. The average Bonchev–Trinajstić information content (AvgIpc) is 3.26. The Morgan fingerprint density at radius 3 is 2.12 bits per heavy atom. The average molecular weight is 438 g/mol. The number of rotatable bonds is 8. The summed E-state index contributed by atoms with van der Waals surface area (Å²) in [6.45, 7) is 3.78. The summed E-state index contributed by atoms with van der Waals surface area (Å²) in [5.41, 5.74) is 0.183. The number of nitrogens with one attached hydrogen (secondary N) is 1. The standard InChI is InChI=1S/C24H26N2O6/c1-2-15-30-23(29)26-14-13-24(18-26,21(27)31-16-19-9-5-3-6-10-19)25-22(28)32-17-20-11-7-4-8-12-20/h2-12H,1,13-18H2,(H,25,28)/t24-/m0/s1. The molecule has 0 radical (unpaired) electrons. The Bertz CT molecular complexity index is 934. The van der Waals surface area contributed by atoms with Crippen molar-refractivity contribution in [2.24, 2.45) is 0 Å². The summed E-state index contributed by atoms with van der Waals surface area (Å²) in [4.78, 5) is 39.2. The minimum atomic E-state index is -1.43. The Morgan fingerprint density at radius 1 is 0.938 bits per heavy atom. The molecule has 2 aromatic carbocycles. The second-order valence-corrected chi connectivity index (χ2v) is 7.37. The van der Waals surface area contributed by atoms with Gasteiger partial charge in [-0.05, 0) is 11.1 Å². The summed E-state index contributed by atoms with van der Waals surface area (Å²) >= 11 is 0. The van der Waals surface area contributed by atoms with E-state index in [0.717, 1.165) is 11.1 Å². The van der Waals surface area contributed by atoms with E-state index in [1.807, 2.05) is 60.7 Å². The van der Waals surface area contributed by atoms with Crippen molar-refractivity contribution >= 4 is 18.2 Å². The van der Waals surface area contributed by atoms with Crippen molar-refractivity contribution in [3.63, 3.8) is 0 Å². The van der Waals surface area contributed by atoms with E-state index >= 15 is 0 Å². The molecule has 3 rings (SSSR count). The first-order chi connectivity index (χ1) is 15.5. The molecule has 8 heteroatoms. The summed E-state index contributed by atoms with van der Waals surface area (Å²) in [7, 11) is 0. The maximum absolute atomic E-state index is 13.0. The Balaban J connectivity index is 1.67. The lowest BCUT2D eigenvalue weighted by molar-refractivity contribution is -0.152. The van der Waals surface area contributed by atoms with Crippen molar-refractivity contribution in [2.45, 2.75) is 25.2 Å². The molecule has 0 aliphatic carbocycles. The topological polar surface area (TPSA) is 94.2 Å². The van der Waals surface area contributed by atoms with Crippen LogP contribution in [0.5, 0.6) is 0 Å². The lowest BCUT2D eigenvalue weighted by atomic mass is 9.99. The highest BCUT2D eigenvalue weighted by Crippen LogP contribution is 2.25. The van der Waals surface area contributed by atoms with Gasteiger partial charge in [0, 0.05) is 13.0 Å². The zero-order chi connectivity index (χ0) is 22.8. The van der Waals surface area contributed by atoms with E-state index in [9.17, 15) is 14.4 Å². The number of likely N-dealkylation sites (tertiary alicyclic amines) is 1. The number of carbonyl (C=O) groups is 3. The number of alkyl carbamates (subject to hydrolysis) is 1. The molecule has 1 aliphatic heterocycles. The number of hydrogen-bond donors (Lipinski definition) is 1. The summed E-state index contributed by atoms with van der Waals surface area (Å²) in [5.74, 6) is -0.642. The highest BCUT2D eigenvalue weighted by Gasteiger charge is 2.49. The molecule has 1 fully saturated rings. The predicted octanol–water partition coefficient (Wildman–Crippen LogP) is 3.42. The summed E-state index contributed by atoms with van der Waals surface area (Å²) in [6.07, 6.45) is 0.257. The first-order valence-electron chi connectivity index (χ1n) is 10.2. The summed E-state index contributed by atoms with van der Waals surface area (Å²) in [6, 6.07) is 18.4. The van der Waals surface area contributed by atoms with Crippen molar-refractivity contribution in [1.29, 1.82) is 0 Å². The van der Waals surface area contributed by atoms with Crippen LogP contribution in [-0.4, -0.2) is 48.3 Å². The van der Waals surface area contributed by atoms with Crippen LogP contribution < -0.4 is 5.32 Å².